The van der Waals surface area contributed by atoms with Crippen molar-refractivity contribution in [2.24, 2.45) is 0 Å². The van der Waals surface area contributed by atoms with Gasteiger partial charge >= 0.3 is 0 Å². The quantitative estimate of drug-likeness (QED) is 0.312. The zero-order chi connectivity index (χ0) is 15.8. The minimum atomic E-state index is -0.438. The van der Waals surface area contributed by atoms with E-state index in [2.05, 4.69) is 16.2 Å². The summed E-state index contributed by atoms with van der Waals surface area (Å²) in [5.74, 6) is 0. The highest BCUT2D eigenvalue weighted by Gasteiger charge is 2.12. The van der Waals surface area contributed by atoms with Gasteiger partial charge in [-0.05, 0) is 18.3 Å². The number of hydrogen-bond donors (Lipinski definition) is 4. The van der Waals surface area contributed by atoms with Crippen molar-refractivity contribution in [1.29, 1.82) is 0 Å². The first kappa shape index (κ1) is 16.4. The SMILES string of the molecule is O=[N+]([O-])c1cccc(NNC(=S)NCC[NH+]2CCOCC2)c1. The van der Waals surface area contributed by atoms with Crippen molar-refractivity contribution >= 4 is 28.7 Å². The third-order valence-corrected chi connectivity index (χ3v) is 3.59. The van der Waals surface area contributed by atoms with Gasteiger partial charge in [-0.2, -0.15) is 0 Å². The monoisotopic (exact) mass is 326 g/mol. The van der Waals surface area contributed by atoms with Crippen LogP contribution in [0, 0.1) is 10.1 Å². The van der Waals surface area contributed by atoms with Gasteiger partial charge in [0, 0.05) is 12.1 Å². The van der Waals surface area contributed by atoms with Gasteiger partial charge in [-0.1, -0.05) is 6.07 Å². The summed E-state index contributed by atoms with van der Waals surface area (Å²) < 4.78 is 5.30. The highest BCUT2D eigenvalue weighted by Crippen LogP contribution is 2.15. The van der Waals surface area contributed by atoms with Crippen LogP contribution in [0.5, 0.6) is 0 Å². The number of morpholine rings is 1. The van der Waals surface area contributed by atoms with E-state index in [1.807, 2.05) is 0 Å². The summed E-state index contributed by atoms with van der Waals surface area (Å²) in [5, 5.41) is 14.2. The molecular weight excluding hydrogens is 306 g/mol. The number of nitrogens with zero attached hydrogens (tertiary/aromatic N) is 1. The molecule has 1 aromatic rings. The van der Waals surface area contributed by atoms with Gasteiger partial charge in [-0.15, -0.1) is 0 Å². The van der Waals surface area contributed by atoms with Crippen molar-refractivity contribution in [3.63, 3.8) is 0 Å². The number of hydrazine groups is 1. The van der Waals surface area contributed by atoms with Gasteiger partial charge in [0.05, 0.1) is 36.9 Å². The van der Waals surface area contributed by atoms with Crippen LogP contribution in [0.25, 0.3) is 0 Å². The van der Waals surface area contributed by atoms with Crippen LogP contribution < -0.4 is 21.1 Å². The van der Waals surface area contributed by atoms with Crippen molar-refractivity contribution < 1.29 is 14.6 Å². The maximum atomic E-state index is 10.7. The molecule has 1 saturated heterocycles. The number of anilines is 1. The Kier molecular flexibility index (Phi) is 6.31. The van der Waals surface area contributed by atoms with Crippen LogP contribution >= 0.6 is 12.2 Å². The van der Waals surface area contributed by atoms with Gasteiger partial charge in [0.2, 0.25) is 0 Å². The number of hydrogen-bond acceptors (Lipinski definition) is 5. The van der Waals surface area contributed by atoms with Crippen LogP contribution in [0.4, 0.5) is 11.4 Å². The van der Waals surface area contributed by atoms with Crippen LogP contribution in [-0.4, -0.2) is 49.4 Å². The maximum Gasteiger partial charge on any atom is 0.271 e. The van der Waals surface area contributed by atoms with Crippen LogP contribution in [0.15, 0.2) is 24.3 Å². The molecule has 0 amide bonds. The fourth-order valence-electron chi connectivity index (χ4n) is 2.13. The van der Waals surface area contributed by atoms with E-state index in [9.17, 15) is 10.1 Å². The predicted molar refractivity (Wildman–Crippen MR) is 86.8 cm³/mol. The van der Waals surface area contributed by atoms with Gasteiger partial charge in [0.1, 0.15) is 13.1 Å². The number of nitrogens with one attached hydrogen (secondary N) is 4. The Hall–Kier alpha value is -1.97. The average molecular weight is 326 g/mol. The zero-order valence-corrected chi connectivity index (χ0v) is 12.9. The molecule has 0 saturated carbocycles. The number of nitro benzene ring substituents is 1. The molecule has 1 aliphatic rings. The highest BCUT2D eigenvalue weighted by atomic mass is 32.1. The Labute approximate surface area is 133 Å². The molecular formula is C13H20N5O3S+. The molecule has 1 fully saturated rings. The second-order valence-corrected chi connectivity index (χ2v) is 5.33. The molecule has 0 atom stereocenters. The van der Waals surface area contributed by atoms with Crippen LogP contribution in [0.3, 0.4) is 0 Å². The van der Waals surface area contributed by atoms with Crippen LogP contribution in [0.1, 0.15) is 0 Å². The second-order valence-electron chi connectivity index (χ2n) is 4.93. The van der Waals surface area contributed by atoms with Crippen molar-refractivity contribution in [1.82, 2.24) is 10.7 Å². The highest BCUT2D eigenvalue weighted by molar-refractivity contribution is 7.80. The Morgan fingerprint density at radius 2 is 2.18 bits per heavy atom. The summed E-state index contributed by atoms with van der Waals surface area (Å²) in [5.41, 5.74) is 6.27. The first-order valence-corrected chi connectivity index (χ1v) is 7.51. The number of rotatable bonds is 6. The Morgan fingerprint density at radius 3 is 2.91 bits per heavy atom. The molecule has 8 nitrogen and oxygen atoms in total. The molecule has 0 spiro atoms. The predicted octanol–water partition coefficient (Wildman–Crippen LogP) is -0.699. The molecule has 0 bridgehead atoms. The number of ether oxygens (including phenoxy) is 1. The summed E-state index contributed by atoms with van der Waals surface area (Å²) in [6.07, 6.45) is 0. The van der Waals surface area contributed by atoms with Gasteiger partial charge in [-0.3, -0.25) is 21.0 Å². The molecule has 0 aromatic heterocycles. The molecule has 2 rings (SSSR count). The zero-order valence-electron chi connectivity index (χ0n) is 12.1. The lowest BCUT2D eigenvalue weighted by molar-refractivity contribution is -0.906. The summed E-state index contributed by atoms with van der Waals surface area (Å²) in [6.45, 7) is 5.40. The van der Waals surface area contributed by atoms with E-state index in [-0.39, 0.29) is 5.69 Å². The molecule has 1 heterocycles. The normalized spacial score (nSPS) is 15.1. The van der Waals surface area contributed by atoms with Gasteiger partial charge in [0.15, 0.2) is 5.11 Å². The molecule has 0 aliphatic carbocycles. The molecule has 120 valence electrons. The fourth-order valence-corrected chi connectivity index (χ4v) is 2.29. The summed E-state index contributed by atoms with van der Waals surface area (Å²) in [7, 11) is 0. The minimum Gasteiger partial charge on any atom is -0.370 e. The van der Waals surface area contributed by atoms with E-state index in [0.717, 1.165) is 39.4 Å². The number of quaternary nitrogens is 1. The second kappa shape index (κ2) is 8.47. The number of thiocarbonyl (C=S) groups is 1. The van der Waals surface area contributed by atoms with E-state index in [4.69, 9.17) is 17.0 Å². The summed E-state index contributed by atoms with van der Waals surface area (Å²) >= 11 is 5.15. The fraction of sp³-hybridized carbons (Fsp3) is 0.462. The van der Waals surface area contributed by atoms with E-state index >= 15 is 0 Å². The van der Waals surface area contributed by atoms with E-state index in [0.29, 0.717) is 10.8 Å². The first-order chi connectivity index (χ1) is 10.6. The lowest BCUT2D eigenvalue weighted by Gasteiger charge is -2.24. The minimum absolute atomic E-state index is 0.0293. The number of non-ortho nitro benzene ring substituents is 1. The van der Waals surface area contributed by atoms with Crippen LogP contribution in [-0.2, 0) is 4.74 Å². The number of benzene rings is 1. The van der Waals surface area contributed by atoms with Crippen molar-refractivity contribution in [2.75, 3.05) is 44.8 Å². The van der Waals surface area contributed by atoms with E-state index in [1.54, 1.807) is 12.1 Å². The molecule has 22 heavy (non-hydrogen) atoms. The largest absolute Gasteiger partial charge is 0.370 e. The van der Waals surface area contributed by atoms with Crippen molar-refractivity contribution in [2.45, 2.75) is 0 Å². The lowest BCUT2D eigenvalue weighted by atomic mass is 10.3. The Balaban J connectivity index is 1.66. The Morgan fingerprint density at radius 1 is 1.41 bits per heavy atom. The lowest BCUT2D eigenvalue weighted by Crippen LogP contribution is -3.14. The van der Waals surface area contributed by atoms with Gasteiger partial charge < -0.3 is 15.0 Å². The van der Waals surface area contributed by atoms with E-state index in [1.165, 1.54) is 17.0 Å². The third kappa shape index (κ3) is 5.43. The molecule has 4 N–H and O–H groups in total. The first-order valence-electron chi connectivity index (χ1n) is 7.11. The van der Waals surface area contributed by atoms with E-state index < -0.39 is 4.92 Å². The topological polar surface area (TPSA) is 92.9 Å². The smallest absolute Gasteiger partial charge is 0.271 e. The molecule has 0 radical (unpaired) electrons. The van der Waals surface area contributed by atoms with Crippen molar-refractivity contribution in [3.05, 3.63) is 34.4 Å². The summed E-state index contributed by atoms with van der Waals surface area (Å²) in [6, 6.07) is 6.21. The van der Waals surface area contributed by atoms with Crippen molar-refractivity contribution in [3.8, 4) is 0 Å². The molecule has 1 aliphatic heterocycles. The standard InChI is InChI=1S/C13H19N5O3S/c19-18(20)12-3-1-2-11(10-12)15-16-13(22)14-4-5-17-6-8-21-9-7-17/h1-3,10,15H,4-9H2,(H2,14,16,22)/p+1. The maximum absolute atomic E-state index is 10.7. The third-order valence-electron chi connectivity index (χ3n) is 3.34. The summed E-state index contributed by atoms with van der Waals surface area (Å²) in [4.78, 5) is 11.7. The molecule has 0 unspecified atom stereocenters. The van der Waals surface area contributed by atoms with Crippen LogP contribution in [0.2, 0.25) is 0 Å². The van der Waals surface area contributed by atoms with Gasteiger partial charge in [0.25, 0.3) is 5.69 Å². The molecule has 9 heteroatoms. The Bertz CT molecular complexity index is 522. The number of nitro groups is 1. The molecule has 1 aromatic carbocycles. The average Bonchev–Trinajstić information content (AvgIpc) is 2.54. The van der Waals surface area contributed by atoms with Gasteiger partial charge in [-0.25, -0.2) is 0 Å².